The molecule has 0 unspecified atom stereocenters. The number of carbonyl (C=O) groups is 6. The predicted octanol–water partition coefficient (Wildman–Crippen LogP) is 2.82. The van der Waals surface area contributed by atoms with E-state index in [2.05, 4.69) is 16.0 Å². The Bertz CT molecular complexity index is 2270. The molecular weight excluding hydrogens is 985 g/mol. The molecule has 2 saturated heterocycles. The Morgan fingerprint density at radius 3 is 2.07 bits per heavy atom. The number of methoxy groups -OCH3 is 2. The van der Waals surface area contributed by atoms with Crippen LogP contribution in [0.15, 0.2) is 48.5 Å². The molecule has 8 N–H and O–H groups in total. The van der Waals surface area contributed by atoms with Crippen LogP contribution in [0.3, 0.4) is 0 Å². The number of carbonyl (C=O) groups excluding carboxylic acids is 5. The SMILES string of the molecule is CC[C@H](C)[C@@H]([C@@H](CC(=O)N1CCC[C@H]1[C@H](OC)[C@@H](C)C(=O)N[C@H](C)[C@@H](O)c1ccccc1)OC)N(C)C(=O)[C@@H](NC(=O)[C@H](C(C)C)[N+](C)(C)Cc1ccc(O[C@@H]2O[C@H](C(=O)O)[C@@H](O)[C@H](O)[C@H]2O)c(NC(C)=O)c1)C(C)C. The standard InChI is InChI=1S/C55H86N6O15/c1-15-31(6)43(40(73-13)27-41(63)60-25-19-22-38(60)49(74-14)32(7)51(68)56-33(8)45(64)36-20-17-16-18-21-36)59(10)53(70)42(29(2)3)58-52(69)44(30(4)5)61(11,12)28-35-23-24-39(37(26-35)57-34(9)62)75-55-48(67)46(65)47(66)50(76-55)54(71)72/h16-18,20-21,23-24,26,29-33,38,40,42-50,55,64-67H,15,19,22,25,27-28H2,1-14H3,(H3-,56,57,58,62,68,69,71,72)/p+1/t31-,32+,33+,38-,40+,42-,43-,44-,45+,46-,47-,48+,49+,50-,55+/m0/s1. The van der Waals surface area contributed by atoms with Crippen molar-refractivity contribution in [3.8, 4) is 5.75 Å². The van der Waals surface area contributed by atoms with Gasteiger partial charge in [-0.05, 0) is 55.4 Å². The topological polar surface area (TPSA) is 283 Å². The Balaban J connectivity index is 1.52. The number of carboxylic acids is 1. The van der Waals surface area contributed by atoms with Gasteiger partial charge in [-0.2, -0.15) is 0 Å². The lowest BCUT2D eigenvalue weighted by Gasteiger charge is -2.42. The molecule has 76 heavy (non-hydrogen) atoms. The van der Waals surface area contributed by atoms with Crippen LogP contribution < -0.4 is 20.7 Å². The summed E-state index contributed by atoms with van der Waals surface area (Å²) >= 11 is 0. The maximum Gasteiger partial charge on any atom is 0.335 e. The number of aliphatic carboxylic acids is 1. The molecule has 2 aliphatic rings. The van der Waals surface area contributed by atoms with Crippen molar-refractivity contribution in [3.63, 3.8) is 0 Å². The van der Waals surface area contributed by atoms with Crippen molar-refractivity contribution in [2.45, 2.75) is 174 Å². The molecular formula is C55H87N6O15+. The van der Waals surface area contributed by atoms with E-state index >= 15 is 0 Å². The van der Waals surface area contributed by atoms with Gasteiger partial charge in [0.15, 0.2) is 12.1 Å². The van der Waals surface area contributed by atoms with E-state index in [4.69, 9.17) is 18.9 Å². The van der Waals surface area contributed by atoms with E-state index in [0.717, 1.165) is 0 Å². The summed E-state index contributed by atoms with van der Waals surface area (Å²) in [5, 5.41) is 60.3. The second-order valence-corrected chi connectivity index (χ2v) is 22.0. The third-order valence-electron chi connectivity index (χ3n) is 15.1. The van der Waals surface area contributed by atoms with Gasteiger partial charge in [0.05, 0.1) is 68.6 Å². The van der Waals surface area contributed by atoms with Gasteiger partial charge in [-0.15, -0.1) is 0 Å². The van der Waals surface area contributed by atoms with Gasteiger partial charge in [0.25, 0.3) is 5.91 Å². The molecule has 21 nitrogen and oxygen atoms in total. The fraction of sp³-hybridized carbons (Fsp3) is 0.673. The first-order chi connectivity index (χ1) is 35.6. The Morgan fingerprint density at radius 2 is 1.51 bits per heavy atom. The molecule has 0 aliphatic carbocycles. The van der Waals surface area contributed by atoms with Gasteiger partial charge in [-0.3, -0.25) is 24.0 Å². The van der Waals surface area contributed by atoms with Crippen LogP contribution in [-0.2, 0) is 49.5 Å². The first-order valence-electron chi connectivity index (χ1n) is 26.4. The van der Waals surface area contributed by atoms with E-state index in [-0.39, 0.29) is 70.3 Å². The minimum absolute atomic E-state index is 0.0313. The molecule has 2 fully saturated rings. The fourth-order valence-corrected chi connectivity index (χ4v) is 11.0. The van der Waals surface area contributed by atoms with Crippen molar-refractivity contribution in [1.29, 1.82) is 0 Å². The number of anilines is 1. The first-order valence-corrected chi connectivity index (χ1v) is 26.4. The Hall–Kier alpha value is -5.26. The molecule has 0 radical (unpaired) electrons. The fourth-order valence-electron chi connectivity index (χ4n) is 11.0. The zero-order chi connectivity index (χ0) is 57.1. The zero-order valence-electron chi connectivity index (χ0n) is 46.8. The summed E-state index contributed by atoms with van der Waals surface area (Å²) in [4.78, 5) is 85.1. The number of likely N-dealkylation sites (tertiary alicyclic amines) is 1. The van der Waals surface area contributed by atoms with Crippen LogP contribution in [-0.4, -0.2) is 190 Å². The number of carboxylic acid groups (broad SMARTS) is 1. The van der Waals surface area contributed by atoms with E-state index in [1.165, 1.54) is 27.2 Å². The second kappa shape index (κ2) is 27.9. The first kappa shape index (κ1) is 63.3. The second-order valence-electron chi connectivity index (χ2n) is 22.0. The average Bonchev–Trinajstić information content (AvgIpc) is 3.85. The lowest BCUT2D eigenvalue weighted by Crippen LogP contribution is -2.63. The summed E-state index contributed by atoms with van der Waals surface area (Å²) in [6, 6.07) is 10.5. The summed E-state index contributed by atoms with van der Waals surface area (Å²) in [5.74, 6) is -4.80. The van der Waals surface area contributed by atoms with Gasteiger partial charge in [-0.25, -0.2) is 4.79 Å². The van der Waals surface area contributed by atoms with Crippen LogP contribution in [0.5, 0.6) is 5.75 Å². The third-order valence-corrected chi connectivity index (χ3v) is 15.1. The highest BCUT2D eigenvalue weighted by atomic mass is 16.7. The minimum atomic E-state index is -1.93. The molecule has 0 bridgehead atoms. The molecule has 2 aromatic rings. The number of benzene rings is 2. The quantitative estimate of drug-likeness (QED) is 0.0629. The highest BCUT2D eigenvalue weighted by Crippen LogP contribution is 2.34. The van der Waals surface area contributed by atoms with Crippen LogP contribution >= 0.6 is 0 Å². The number of likely N-dealkylation sites (N-methyl/N-ethyl adjacent to an activating group) is 2. The van der Waals surface area contributed by atoms with Crippen LogP contribution in [0.1, 0.15) is 105 Å². The number of hydrogen-bond donors (Lipinski definition) is 8. The Kier molecular flexibility index (Phi) is 23.2. The van der Waals surface area contributed by atoms with Gasteiger partial charge in [0.1, 0.15) is 36.6 Å². The van der Waals surface area contributed by atoms with Crippen LogP contribution in [0.25, 0.3) is 0 Å². The van der Waals surface area contributed by atoms with Crippen LogP contribution in [0.2, 0.25) is 0 Å². The molecule has 0 aromatic heterocycles. The van der Waals surface area contributed by atoms with Crippen molar-refractivity contribution in [2.75, 3.05) is 47.2 Å². The van der Waals surface area contributed by atoms with Gasteiger partial charge in [0.2, 0.25) is 29.9 Å². The molecule has 2 heterocycles. The molecule has 4 rings (SSSR count). The highest BCUT2D eigenvalue weighted by Gasteiger charge is 2.49. The monoisotopic (exact) mass is 1070 g/mol. The molecule has 2 aliphatic heterocycles. The number of nitrogens with zero attached hydrogens (tertiary/aromatic N) is 3. The normalized spacial score (nSPS) is 23.6. The number of amides is 5. The molecule has 0 saturated carbocycles. The maximum absolute atomic E-state index is 14.9. The van der Waals surface area contributed by atoms with E-state index in [1.807, 2.05) is 73.8 Å². The molecule has 5 amide bonds. The van der Waals surface area contributed by atoms with Crippen molar-refractivity contribution in [1.82, 2.24) is 20.4 Å². The summed E-state index contributed by atoms with van der Waals surface area (Å²) in [6.07, 6.45) is -9.77. The summed E-state index contributed by atoms with van der Waals surface area (Å²) < 4.78 is 23.2. The molecule has 2 aromatic carbocycles. The number of nitrogens with one attached hydrogen (secondary N) is 3. The highest BCUT2D eigenvalue weighted by molar-refractivity contribution is 5.91. The van der Waals surface area contributed by atoms with E-state index in [0.29, 0.717) is 36.9 Å². The average molecular weight is 1070 g/mol. The predicted molar refractivity (Wildman–Crippen MR) is 282 cm³/mol. The smallest absolute Gasteiger partial charge is 0.335 e. The number of hydrogen-bond acceptors (Lipinski definition) is 14. The maximum atomic E-state index is 14.9. The number of aliphatic hydroxyl groups is 4. The lowest BCUT2D eigenvalue weighted by atomic mass is 9.89. The minimum Gasteiger partial charge on any atom is -0.479 e. The lowest BCUT2D eigenvalue weighted by molar-refractivity contribution is -0.922. The molecule has 426 valence electrons. The molecule has 21 heteroatoms. The van der Waals surface area contributed by atoms with Crippen LogP contribution in [0, 0.1) is 23.7 Å². The molecule has 15 atom stereocenters. The van der Waals surface area contributed by atoms with E-state index in [1.54, 1.807) is 55.0 Å². The Labute approximate surface area is 448 Å². The van der Waals surface area contributed by atoms with Crippen molar-refractivity contribution in [2.24, 2.45) is 23.7 Å². The van der Waals surface area contributed by atoms with E-state index < -0.39 is 97.0 Å². The number of quaternary nitrogens is 1. The molecule has 0 spiro atoms. The number of rotatable bonds is 26. The zero-order valence-corrected chi connectivity index (χ0v) is 46.8. The van der Waals surface area contributed by atoms with Crippen molar-refractivity contribution in [3.05, 3.63) is 59.7 Å². The van der Waals surface area contributed by atoms with Crippen LogP contribution in [0.4, 0.5) is 5.69 Å². The van der Waals surface area contributed by atoms with Crippen molar-refractivity contribution >= 4 is 41.2 Å². The number of aliphatic hydroxyl groups excluding tert-OH is 4. The summed E-state index contributed by atoms with van der Waals surface area (Å²) in [5.41, 5.74) is 1.44. The van der Waals surface area contributed by atoms with Gasteiger partial charge < -0.3 is 74.7 Å². The van der Waals surface area contributed by atoms with Gasteiger partial charge in [-0.1, -0.05) is 85.2 Å². The van der Waals surface area contributed by atoms with Crippen molar-refractivity contribution < 1.29 is 77.7 Å². The summed E-state index contributed by atoms with van der Waals surface area (Å²) in [6.45, 7) is 16.9. The van der Waals surface area contributed by atoms with Gasteiger partial charge >= 0.3 is 5.97 Å². The summed E-state index contributed by atoms with van der Waals surface area (Å²) in [7, 11) is 8.44. The largest absolute Gasteiger partial charge is 0.479 e. The van der Waals surface area contributed by atoms with E-state index in [9.17, 15) is 54.3 Å². The third kappa shape index (κ3) is 15.5. The Morgan fingerprint density at radius 1 is 0.868 bits per heavy atom. The number of ether oxygens (including phenoxy) is 4. The van der Waals surface area contributed by atoms with Gasteiger partial charge in [0, 0.05) is 46.2 Å².